The van der Waals surface area contributed by atoms with Crippen LogP contribution in [0.2, 0.25) is 5.02 Å². The van der Waals surface area contributed by atoms with Crippen molar-refractivity contribution in [3.63, 3.8) is 0 Å². The highest BCUT2D eigenvalue weighted by Gasteiger charge is 2.19. The Morgan fingerprint density at radius 2 is 2.18 bits per heavy atom. The normalized spacial score (nSPS) is 12.9. The molecular formula is C16H15ClN4O. The number of nitriles is 1. The van der Waals surface area contributed by atoms with Gasteiger partial charge < -0.3 is 10.1 Å². The SMILES string of the molecule is N#Cc1nc(NCCc2ccccc2Cl)c2c(n1)OCCC2. The van der Waals surface area contributed by atoms with E-state index < -0.39 is 0 Å². The topological polar surface area (TPSA) is 70.8 Å². The molecule has 1 N–H and O–H groups in total. The third kappa shape index (κ3) is 3.12. The third-order valence-corrected chi connectivity index (χ3v) is 3.89. The van der Waals surface area contributed by atoms with Gasteiger partial charge in [0.15, 0.2) is 0 Å². The standard InChI is InChI=1S/C16H15ClN4O/c17-13-6-2-1-4-11(13)7-8-19-15-12-5-3-9-22-16(12)21-14(10-18)20-15/h1-2,4,6H,3,5,7-9H2,(H,19,20,21). The molecule has 0 atom stereocenters. The van der Waals surface area contributed by atoms with E-state index in [2.05, 4.69) is 15.3 Å². The number of rotatable bonds is 4. The smallest absolute Gasteiger partial charge is 0.237 e. The molecular weight excluding hydrogens is 300 g/mol. The van der Waals surface area contributed by atoms with E-state index in [1.165, 1.54) is 0 Å². The number of benzene rings is 1. The summed E-state index contributed by atoms with van der Waals surface area (Å²) in [4.78, 5) is 8.38. The fourth-order valence-electron chi connectivity index (χ4n) is 2.44. The van der Waals surface area contributed by atoms with Crippen molar-refractivity contribution in [1.29, 1.82) is 5.26 Å². The van der Waals surface area contributed by atoms with Gasteiger partial charge in [0.25, 0.3) is 0 Å². The first-order chi connectivity index (χ1) is 10.8. The molecule has 0 amide bonds. The van der Waals surface area contributed by atoms with Gasteiger partial charge in [0.05, 0.1) is 12.2 Å². The van der Waals surface area contributed by atoms with Gasteiger partial charge in [0.2, 0.25) is 11.7 Å². The number of anilines is 1. The van der Waals surface area contributed by atoms with Gasteiger partial charge in [-0.25, -0.2) is 4.98 Å². The highest BCUT2D eigenvalue weighted by atomic mass is 35.5. The lowest BCUT2D eigenvalue weighted by molar-refractivity contribution is 0.275. The Kier molecular flexibility index (Phi) is 4.40. The first-order valence-electron chi connectivity index (χ1n) is 7.19. The molecule has 1 aliphatic heterocycles. The molecule has 0 aliphatic carbocycles. The summed E-state index contributed by atoms with van der Waals surface area (Å²) in [5.41, 5.74) is 2.03. The molecule has 1 aromatic carbocycles. The third-order valence-electron chi connectivity index (χ3n) is 3.52. The van der Waals surface area contributed by atoms with Crippen LogP contribution in [0.15, 0.2) is 24.3 Å². The second-order valence-corrected chi connectivity index (χ2v) is 5.42. The van der Waals surface area contributed by atoms with Crippen LogP contribution in [-0.4, -0.2) is 23.1 Å². The minimum Gasteiger partial charge on any atom is -0.477 e. The number of hydrogen-bond donors (Lipinski definition) is 1. The van der Waals surface area contributed by atoms with E-state index in [9.17, 15) is 0 Å². The van der Waals surface area contributed by atoms with Gasteiger partial charge in [0, 0.05) is 11.6 Å². The van der Waals surface area contributed by atoms with Crippen LogP contribution in [0.25, 0.3) is 0 Å². The molecule has 2 aromatic rings. The summed E-state index contributed by atoms with van der Waals surface area (Å²) in [5.74, 6) is 1.34. The van der Waals surface area contributed by atoms with Gasteiger partial charge in [-0.15, -0.1) is 0 Å². The van der Waals surface area contributed by atoms with Crippen molar-refractivity contribution in [3.8, 4) is 11.9 Å². The molecule has 0 spiro atoms. The average Bonchev–Trinajstić information content (AvgIpc) is 2.56. The molecule has 112 valence electrons. The quantitative estimate of drug-likeness (QED) is 0.939. The molecule has 5 nitrogen and oxygen atoms in total. The number of aromatic nitrogens is 2. The predicted octanol–water partition coefficient (Wildman–Crippen LogP) is 2.98. The van der Waals surface area contributed by atoms with Crippen LogP contribution in [0.5, 0.6) is 5.88 Å². The molecule has 1 aliphatic rings. The van der Waals surface area contributed by atoms with Gasteiger partial charge >= 0.3 is 0 Å². The minimum atomic E-state index is 0.126. The maximum atomic E-state index is 9.03. The number of hydrogen-bond acceptors (Lipinski definition) is 5. The van der Waals surface area contributed by atoms with Crippen LogP contribution in [0.1, 0.15) is 23.4 Å². The highest BCUT2D eigenvalue weighted by Crippen LogP contribution is 2.28. The zero-order valence-corrected chi connectivity index (χ0v) is 12.7. The number of nitrogens with one attached hydrogen (secondary N) is 1. The van der Waals surface area contributed by atoms with E-state index in [1.807, 2.05) is 30.3 Å². The largest absolute Gasteiger partial charge is 0.477 e. The lowest BCUT2D eigenvalue weighted by Crippen LogP contribution is -2.16. The number of halogens is 1. The van der Waals surface area contributed by atoms with Crippen molar-refractivity contribution in [2.24, 2.45) is 0 Å². The van der Waals surface area contributed by atoms with Crippen molar-refractivity contribution in [3.05, 3.63) is 46.2 Å². The summed E-state index contributed by atoms with van der Waals surface area (Å²) >= 11 is 6.15. The zero-order valence-electron chi connectivity index (χ0n) is 12.0. The van der Waals surface area contributed by atoms with Crippen LogP contribution in [0, 0.1) is 11.3 Å². The van der Waals surface area contributed by atoms with Crippen molar-refractivity contribution in [1.82, 2.24) is 9.97 Å². The molecule has 0 fully saturated rings. The summed E-state index contributed by atoms with van der Waals surface area (Å²) in [6, 6.07) is 9.74. The van der Waals surface area contributed by atoms with E-state index in [4.69, 9.17) is 21.6 Å². The minimum absolute atomic E-state index is 0.126. The fraction of sp³-hybridized carbons (Fsp3) is 0.312. The molecule has 2 heterocycles. The first kappa shape index (κ1) is 14.6. The number of ether oxygens (including phenoxy) is 1. The first-order valence-corrected chi connectivity index (χ1v) is 7.57. The van der Waals surface area contributed by atoms with Crippen molar-refractivity contribution in [2.45, 2.75) is 19.3 Å². The summed E-state index contributed by atoms with van der Waals surface area (Å²) in [5, 5.41) is 13.1. The number of nitrogens with zero attached hydrogens (tertiary/aromatic N) is 3. The van der Waals surface area contributed by atoms with Gasteiger partial charge in [-0.05, 0) is 30.9 Å². The van der Waals surface area contributed by atoms with Gasteiger partial charge in [-0.3, -0.25) is 0 Å². The van der Waals surface area contributed by atoms with E-state index in [1.54, 1.807) is 0 Å². The highest BCUT2D eigenvalue weighted by molar-refractivity contribution is 6.31. The average molecular weight is 315 g/mol. The maximum Gasteiger partial charge on any atom is 0.237 e. The summed E-state index contributed by atoms with van der Waals surface area (Å²) in [6.07, 6.45) is 2.57. The molecule has 3 rings (SSSR count). The predicted molar refractivity (Wildman–Crippen MR) is 84.2 cm³/mol. The van der Waals surface area contributed by atoms with E-state index >= 15 is 0 Å². The molecule has 0 saturated heterocycles. The van der Waals surface area contributed by atoms with Crippen LogP contribution in [-0.2, 0) is 12.8 Å². The summed E-state index contributed by atoms with van der Waals surface area (Å²) in [6.45, 7) is 1.31. The molecule has 0 bridgehead atoms. The van der Waals surface area contributed by atoms with Crippen LogP contribution in [0.4, 0.5) is 5.82 Å². The van der Waals surface area contributed by atoms with E-state index in [0.717, 1.165) is 35.4 Å². The van der Waals surface area contributed by atoms with E-state index in [0.29, 0.717) is 24.8 Å². The lowest BCUT2D eigenvalue weighted by Gasteiger charge is -2.19. The van der Waals surface area contributed by atoms with E-state index in [-0.39, 0.29) is 5.82 Å². The molecule has 1 aromatic heterocycles. The Balaban J connectivity index is 1.75. The summed E-state index contributed by atoms with van der Waals surface area (Å²) in [7, 11) is 0. The monoisotopic (exact) mass is 314 g/mol. The molecule has 22 heavy (non-hydrogen) atoms. The molecule has 0 radical (unpaired) electrons. The molecule has 0 saturated carbocycles. The van der Waals surface area contributed by atoms with Crippen LogP contribution < -0.4 is 10.1 Å². The Hall–Kier alpha value is -2.32. The Labute approximate surface area is 133 Å². The fourth-order valence-corrected chi connectivity index (χ4v) is 2.67. The van der Waals surface area contributed by atoms with Crippen molar-refractivity contribution < 1.29 is 4.74 Å². The molecule has 6 heteroatoms. The second kappa shape index (κ2) is 6.63. The van der Waals surface area contributed by atoms with Crippen molar-refractivity contribution >= 4 is 17.4 Å². The zero-order chi connectivity index (χ0) is 15.4. The Morgan fingerprint density at radius 3 is 3.00 bits per heavy atom. The second-order valence-electron chi connectivity index (χ2n) is 5.01. The van der Waals surface area contributed by atoms with Gasteiger partial charge in [0.1, 0.15) is 11.9 Å². The van der Waals surface area contributed by atoms with Gasteiger partial charge in [-0.2, -0.15) is 10.2 Å². The van der Waals surface area contributed by atoms with Crippen LogP contribution in [0.3, 0.4) is 0 Å². The van der Waals surface area contributed by atoms with Crippen LogP contribution >= 0.6 is 11.6 Å². The van der Waals surface area contributed by atoms with Crippen molar-refractivity contribution in [2.75, 3.05) is 18.5 Å². The Morgan fingerprint density at radius 1 is 1.32 bits per heavy atom. The Bertz CT molecular complexity index is 727. The maximum absolute atomic E-state index is 9.03. The summed E-state index contributed by atoms with van der Waals surface area (Å²) < 4.78 is 5.53. The van der Waals surface area contributed by atoms with Gasteiger partial charge in [-0.1, -0.05) is 29.8 Å². The lowest BCUT2D eigenvalue weighted by atomic mass is 10.1. The molecule has 0 unspecified atom stereocenters. The number of fused-ring (bicyclic) bond motifs is 1.